The summed E-state index contributed by atoms with van der Waals surface area (Å²) < 4.78 is 5.18. The Hall–Kier alpha value is -3.72. The highest BCUT2D eigenvalue weighted by Crippen LogP contribution is 2.42. The molecule has 1 saturated heterocycles. The smallest absolute Gasteiger partial charge is 0.295 e. The molecule has 1 aliphatic rings. The fourth-order valence-electron chi connectivity index (χ4n) is 3.38. The van der Waals surface area contributed by atoms with E-state index in [0.717, 1.165) is 4.88 Å². The van der Waals surface area contributed by atoms with Crippen LogP contribution < -0.4 is 4.74 Å². The lowest BCUT2D eigenvalue weighted by atomic mass is 9.96. The fraction of sp³-hybridized carbons (Fsp3) is 0.143. The highest BCUT2D eigenvalue weighted by atomic mass is 32.1. The van der Waals surface area contributed by atoms with Gasteiger partial charge in [-0.2, -0.15) is 0 Å². The van der Waals surface area contributed by atoms with Crippen molar-refractivity contribution in [2.75, 3.05) is 7.11 Å². The molecule has 152 valence electrons. The van der Waals surface area contributed by atoms with Crippen LogP contribution in [0, 0.1) is 0 Å². The monoisotopic (exact) mass is 423 g/mol. The molecule has 1 aromatic carbocycles. The summed E-state index contributed by atoms with van der Waals surface area (Å²) in [5, 5.41) is 22.7. The van der Waals surface area contributed by atoms with Gasteiger partial charge in [0.1, 0.15) is 5.69 Å². The number of aliphatic hydroxyl groups excluding tert-OH is 1. The van der Waals surface area contributed by atoms with E-state index in [1.54, 1.807) is 6.07 Å². The Balaban J connectivity index is 1.89. The Morgan fingerprint density at radius 1 is 1.27 bits per heavy atom. The molecule has 3 heterocycles. The number of ketones is 1. The van der Waals surface area contributed by atoms with Gasteiger partial charge in [-0.3, -0.25) is 14.6 Å². The summed E-state index contributed by atoms with van der Waals surface area (Å²) in [5.41, 5.74) is 0.498. The van der Waals surface area contributed by atoms with Gasteiger partial charge >= 0.3 is 0 Å². The second kappa shape index (κ2) is 7.96. The highest BCUT2D eigenvalue weighted by molar-refractivity contribution is 7.09. The molecule has 8 nitrogen and oxygen atoms in total. The fourth-order valence-corrected chi connectivity index (χ4v) is 4.09. The van der Waals surface area contributed by atoms with Gasteiger partial charge in [-0.15, -0.1) is 11.3 Å². The van der Waals surface area contributed by atoms with Crippen molar-refractivity contribution in [2.45, 2.75) is 12.6 Å². The molecule has 2 N–H and O–H groups in total. The van der Waals surface area contributed by atoms with Gasteiger partial charge in [-0.1, -0.05) is 12.1 Å². The number of aliphatic hydroxyl groups is 1. The maximum Gasteiger partial charge on any atom is 0.295 e. The van der Waals surface area contributed by atoms with Crippen molar-refractivity contribution < 1.29 is 24.5 Å². The van der Waals surface area contributed by atoms with Crippen LogP contribution in [0.25, 0.3) is 5.76 Å². The average Bonchev–Trinajstić information content (AvgIpc) is 3.37. The zero-order chi connectivity index (χ0) is 21.3. The number of hydrogen-bond donors (Lipinski definition) is 2. The van der Waals surface area contributed by atoms with E-state index < -0.39 is 23.5 Å². The molecule has 4 rings (SSSR count). The number of likely N-dealkylation sites (tertiary alicyclic amines) is 1. The minimum Gasteiger partial charge on any atom is -0.505 e. The van der Waals surface area contributed by atoms with Crippen LogP contribution >= 0.6 is 11.3 Å². The standard InChI is InChI=1S/C21H17N3O5S/c1-29-16-9-12(4-5-15(16)25)18-17(19(26)14-10-22-6-7-23-14)20(27)21(28)24(18)11-13-3-2-8-30-13/h2-10,18,25-26H,11H2,1H3/b19-17+. The highest BCUT2D eigenvalue weighted by Gasteiger charge is 2.46. The van der Waals surface area contributed by atoms with Crippen LogP contribution in [0.2, 0.25) is 0 Å². The number of ether oxygens (including phenoxy) is 1. The molecule has 0 bridgehead atoms. The normalized spacial score (nSPS) is 18.0. The van der Waals surface area contributed by atoms with Crippen molar-refractivity contribution in [3.8, 4) is 11.5 Å². The Morgan fingerprint density at radius 3 is 2.77 bits per heavy atom. The zero-order valence-corrected chi connectivity index (χ0v) is 16.7. The number of nitrogens with zero attached hydrogens (tertiary/aromatic N) is 3. The van der Waals surface area contributed by atoms with Gasteiger partial charge in [0.15, 0.2) is 17.3 Å². The summed E-state index contributed by atoms with van der Waals surface area (Å²) in [5.74, 6) is -1.84. The summed E-state index contributed by atoms with van der Waals surface area (Å²) in [4.78, 5) is 36.1. The molecule has 1 atom stereocenters. The predicted octanol–water partition coefficient (Wildman–Crippen LogP) is 2.87. The predicted molar refractivity (Wildman–Crippen MR) is 109 cm³/mol. The number of carbonyl (C=O) groups is 2. The van der Waals surface area contributed by atoms with E-state index in [2.05, 4.69) is 9.97 Å². The Morgan fingerprint density at radius 2 is 2.10 bits per heavy atom. The quantitative estimate of drug-likeness (QED) is 0.369. The summed E-state index contributed by atoms with van der Waals surface area (Å²) in [6, 6.07) is 7.37. The van der Waals surface area contributed by atoms with E-state index in [1.165, 1.54) is 54.1 Å². The van der Waals surface area contributed by atoms with Crippen molar-refractivity contribution in [2.24, 2.45) is 0 Å². The second-order valence-electron chi connectivity index (χ2n) is 6.53. The van der Waals surface area contributed by atoms with Gasteiger partial charge in [0.05, 0.1) is 31.5 Å². The van der Waals surface area contributed by atoms with Crippen LogP contribution in [0.4, 0.5) is 0 Å². The molecule has 0 saturated carbocycles. The zero-order valence-electron chi connectivity index (χ0n) is 15.8. The third-order valence-corrected chi connectivity index (χ3v) is 5.63. The van der Waals surface area contributed by atoms with Crippen molar-refractivity contribution in [3.05, 3.63) is 76.0 Å². The minimum absolute atomic E-state index is 0.0783. The lowest BCUT2D eigenvalue weighted by Gasteiger charge is -2.25. The van der Waals surface area contributed by atoms with Gasteiger partial charge in [-0.05, 0) is 29.1 Å². The first-order chi connectivity index (χ1) is 14.5. The number of carbonyl (C=O) groups excluding carboxylic acids is 2. The first-order valence-electron chi connectivity index (χ1n) is 8.95. The van der Waals surface area contributed by atoms with Crippen LogP contribution in [-0.4, -0.2) is 43.9 Å². The van der Waals surface area contributed by atoms with Crippen molar-refractivity contribution >= 4 is 28.8 Å². The van der Waals surface area contributed by atoms with Crippen molar-refractivity contribution in [1.29, 1.82) is 0 Å². The minimum atomic E-state index is -0.886. The number of benzene rings is 1. The number of hydrogen-bond acceptors (Lipinski definition) is 8. The molecule has 30 heavy (non-hydrogen) atoms. The van der Waals surface area contributed by atoms with Crippen molar-refractivity contribution in [3.63, 3.8) is 0 Å². The number of rotatable bonds is 5. The Kier molecular flexibility index (Phi) is 5.20. The number of aromatic hydroxyl groups is 1. The van der Waals surface area contributed by atoms with Crippen LogP contribution in [0.3, 0.4) is 0 Å². The number of Topliss-reactive ketones (excluding diaryl/α,β-unsaturated/α-hetero) is 1. The largest absolute Gasteiger partial charge is 0.505 e. The number of phenols is 1. The van der Waals surface area contributed by atoms with Gasteiger partial charge < -0.3 is 19.8 Å². The molecule has 1 fully saturated rings. The summed E-state index contributed by atoms with van der Waals surface area (Å²) >= 11 is 1.46. The van der Waals surface area contributed by atoms with Gasteiger partial charge in [0.25, 0.3) is 11.7 Å². The van der Waals surface area contributed by atoms with Crippen LogP contribution in [0.15, 0.2) is 59.9 Å². The first-order valence-corrected chi connectivity index (χ1v) is 9.83. The molecular weight excluding hydrogens is 406 g/mol. The lowest BCUT2D eigenvalue weighted by Crippen LogP contribution is -2.28. The molecule has 9 heteroatoms. The molecular formula is C21H17N3O5S. The van der Waals surface area contributed by atoms with E-state index in [9.17, 15) is 19.8 Å². The van der Waals surface area contributed by atoms with Gasteiger partial charge in [0.2, 0.25) is 0 Å². The van der Waals surface area contributed by atoms with E-state index in [1.807, 2.05) is 17.5 Å². The molecule has 1 aliphatic heterocycles. The lowest BCUT2D eigenvalue weighted by molar-refractivity contribution is -0.140. The van der Waals surface area contributed by atoms with Crippen molar-refractivity contribution in [1.82, 2.24) is 14.9 Å². The third kappa shape index (κ3) is 3.39. The Labute approximate surface area is 175 Å². The number of aromatic nitrogens is 2. The molecule has 0 spiro atoms. The number of amides is 1. The second-order valence-corrected chi connectivity index (χ2v) is 7.56. The molecule has 0 radical (unpaired) electrons. The molecule has 1 amide bonds. The number of methoxy groups -OCH3 is 1. The number of phenolic OH excluding ortho intramolecular Hbond substituents is 1. The van der Waals surface area contributed by atoms with Gasteiger partial charge in [0, 0.05) is 17.3 Å². The maximum atomic E-state index is 12.9. The summed E-state index contributed by atoms with van der Waals surface area (Å²) in [6.07, 6.45) is 4.14. The molecule has 3 aromatic rings. The van der Waals surface area contributed by atoms with Gasteiger partial charge in [-0.25, -0.2) is 4.98 Å². The van der Waals surface area contributed by atoms with E-state index in [0.29, 0.717) is 5.56 Å². The van der Waals surface area contributed by atoms with E-state index >= 15 is 0 Å². The molecule has 0 aliphatic carbocycles. The van der Waals surface area contributed by atoms with E-state index in [4.69, 9.17) is 4.74 Å². The SMILES string of the molecule is COc1cc(C2/C(=C(\O)c3cnccn3)C(=O)C(=O)N2Cc2cccs2)ccc1O. The maximum absolute atomic E-state index is 12.9. The third-order valence-electron chi connectivity index (χ3n) is 4.77. The van der Waals surface area contributed by atoms with E-state index in [-0.39, 0.29) is 29.3 Å². The molecule has 1 unspecified atom stereocenters. The van der Waals surface area contributed by atoms with Crippen LogP contribution in [-0.2, 0) is 16.1 Å². The average molecular weight is 423 g/mol. The number of thiophene rings is 1. The van der Waals surface area contributed by atoms with Crippen LogP contribution in [0.1, 0.15) is 22.2 Å². The first kappa shape index (κ1) is 19.6. The topological polar surface area (TPSA) is 113 Å². The molecule has 2 aromatic heterocycles. The Bertz CT molecular complexity index is 1130. The summed E-state index contributed by atoms with van der Waals surface area (Å²) in [6.45, 7) is 0.188. The summed E-state index contributed by atoms with van der Waals surface area (Å²) in [7, 11) is 1.40. The van der Waals surface area contributed by atoms with Crippen LogP contribution in [0.5, 0.6) is 11.5 Å².